The number of hydrogen-bond acceptors (Lipinski definition) is 4. The van der Waals surface area contributed by atoms with E-state index in [2.05, 4.69) is 28.2 Å². The van der Waals surface area contributed by atoms with Gasteiger partial charge in [0.05, 0.1) is 11.6 Å². The van der Waals surface area contributed by atoms with Gasteiger partial charge in [0, 0.05) is 49.4 Å². The van der Waals surface area contributed by atoms with Crippen LogP contribution in [0.5, 0.6) is 5.75 Å². The number of piperazine rings is 1. The Morgan fingerprint density at radius 3 is 2.43 bits per heavy atom. The molecular weight excluding hydrogens is 395 g/mol. The fourth-order valence-corrected chi connectivity index (χ4v) is 3.91. The molecular formula is C22H24F3N3O2. The number of carbonyl (C=O) groups is 1. The molecule has 2 aromatic carbocycles. The van der Waals surface area contributed by atoms with Crippen LogP contribution in [-0.2, 0) is 12.6 Å². The zero-order chi connectivity index (χ0) is 21.3. The van der Waals surface area contributed by atoms with Gasteiger partial charge in [-0.15, -0.1) is 0 Å². The monoisotopic (exact) mass is 419 g/mol. The zero-order valence-corrected chi connectivity index (χ0v) is 16.7. The summed E-state index contributed by atoms with van der Waals surface area (Å²) in [6, 6.07) is 9.99. The molecule has 5 nitrogen and oxygen atoms in total. The smallest absolute Gasteiger partial charge is 0.416 e. The molecule has 2 aliphatic rings. The lowest BCUT2D eigenvalue weighted by Crippen LogP contribution is -2.46. The summed E-state index contributed by atoms with van der Waals surface area (Å²) >= 11 is 0. The Balaban J connectivity index is 1.46. The molecule has 0 bridgehead atoms. The van der Waals surface area contributed by atoms with Gasteiger partial charge < -0.3 is 19.9 Å². The number of rotatable bonds is 3. The minimum Gasteiger partial charge on any atom is -0.491 e. The number of ether oxygens (including phenoxy) is 1. The minimum atomic E-state index is -4.42. The van der Waals surface area contributed by atoms with Crippen molar-refractivity contribution in [3.8, 4) is 5.75 Å². The quantitative estimate of drug-likeness (QED) is 0.830. The van der Waals surface area contributed by atoms with Gasteiger partial charge in [0.15, 0.2) is 0 Å². The molecule has 1 amide bonds. The highest BCUT2D eigenvalue weighted by Gasteiger charge is 2.31. The first-order valence-electron chi connectivity index (χ1n) is 9.97. The normalized spacial score (nSPS) is 19.7. The molecule has 8 heteroatoms. The Hall–Kier alpha value is -2.74. The van der Waals surface area contributed by atoms with Crippen molar-refractivity contribution >= 4 is 11.6 Å². The molecule has 2 aliphatic heterocycles. The molecule has 0 saturated carbocycles. The summed E-state index contributed by atoms with van der Waals surface area (Å²) in [6.45, 7) is 4.15. The van der Waals surface area contributed by atoms with Gasteiger partial charge in [-0.2, -0.15) is 13.2 Å². The van der Waals surface area contributed by atoms with E-state index in [9.17, 15) is 18.0 Å². The van der Waals surface area contributed by atoms with E-state index in [0.29, 0.717) is 13.0 Å². The zero-order valence-electron chi connectivity index (χ0n) is 16.7. The highest BCUT2D eigenvalue weighted by atomic mass is 19.4. The van der Waals surface area contributed by atoms with Crippen molar-refractivity contribution in [3.63, 3.8) is 0 Å². The first kappa shape index (κ1) is 20.5. The van der Waals surface area contributed by atoms with Gasteiger partial charge in [-0.1, -0.05) is 6.07 Å². The van der Waals surface area contributed by atoms with Crippen molar-refractivity contribution in [2.24, 2.45) is 0 Å². The topological polar surface area (TPSA) is 44.8 Å². The number of nitrogens with one attached hydrogen (secondary N) is 1. The van der Waals surface area contributed by atoms with E-state index in [0.717, 1.165) is 55.3 Å². The predicted molar refractivity (Wildman–Crippen MR) is 108 cm³/mol. The molecule has 2 heterocycles. The predicted octanol–water partition coefficient (Wildman–Crippen LogP) is 3.19. The number of nitrogens with zero attached hydrogens (tertiary/aromatic N) is 2. The fraction of sp³-hybridized carbons (Fsp3) is 0.409. The molecule has 1 saturated heterocycles. The van der Waals surface area contributed by atoms with E-state index in [1.54, 1.807) is 0 Å². The number of likely N-dealkylation sites (N-methyl/N-ethyl adjacent to an activating group) is 1. The van der Waals surface area contributed by atoms with Crippen LogP contribution >= 0.6 is 0 Å². The summed E-state index contributed by atoms with van der Waals surface area (Å²) in [4.78, 5) is 17.2. The lowest BCUT2D eigenvalue weighted by Gasteiger charge is -2.37. The second kappa shape index (κ2) is 8.18. The lowest BCUT2D eigenvalue weighted by atomic mass is 9.99. The number of halogens is 3. The Kier molecular flexibility index (Phi) is 5.60. The van der Waals surface area contributed by atoms with Gasteiger partial charge in [-0.25, -0.2) is 0 Å². The molecule has 160 valence electrons. The molecule has 1 fully saturated rings. The van der Waals surface area contributed by atoms with E-state index in [-0.39, 0.29) is 11.6 Å². The van der Waals surface area contributed by atoms with Crippen molar-refractivity contribution in [2.45, 2.75) is 18.6 Å². The second-order valence-electron chi connectivity index (χ2n) is 7.80. The van der Waals surface area contributed by atoms with Crippen LogP contribution in [0.4, 0.5) is 18.9 Å². The van der Waals surface area contributed by atoms with E-state index >= 15 is 0 Å². The lowest BCUT2D eigenvalue weighted by molar-refractivity contribution is -0.137. The summed E-state index contributed by atoms with van der Waals surface area (Å²) in [5, 5.41) is 2.90. The van der Waals surface area contributed by atoms with Crippen LogP contribution in [0, 0.1) is 0 Å². The van der Waals surface area contributed by atoms with E-state index in [1.165, 1.54) is 12.1 Å². The van der Waals surface area contributed by atoms with Gasteiger partial charge in [-0.3, -0.25) is 4.79 Å². The molecule has 1 atom stereocenters. The molecule has 0 radical (unpaired) electrons. The van der Waals surface area contributed by atoms with Crippen LogP contribution in [0.15, 0.2) is 42.5 Å². The first-order chi connectivity index (χ1) is 14.3. The number of fused-ring (bicyclic) bond motifs is 1. The molecule has 0 aliphatic carbocycles. The van der Waals surface area contributed by atoms with Gasteiger partial charge >= 0.3 is 6.18 Å². The van der Waals surface area contributed by atoms with Crippen LogP contribution in [0.1, 0.15) is 21.5 Å². The summed E-state index contributed by atoms with van der Waals surface area (Å²) in [5.41, 5.74) is 1.60. The maximum Gasteiger partial charge on any atom is 0.416 e. The summed E-state index contributed by atoms with van der Waals surface area (Å²) in [6.07, 6.45) is -3.81. The summed E-state index contributed by atoms with van der Waals surface area (Å²) in [7, 11) is 2.10. The molecule has 1 N–H and O–H groups in total. The van der Waals surface area contributed by atoms with Crippen molar-refractivity contribution in [3.05, 3.63) is 59.2 Å². The van der Waals surface area contributed by atoms with Crippen LogP contribution in [0.2, 0.25) is 0 Å². The van der Waals surface area contributed by atoms with Gasteiger partial charge in [0.1, 0.15) is 12.4 Å². The third kappa shape index (κ3) is 4.38. The minimum absolute atomic E-state index is 0.196. The van der Waals surface area contributed by atoms with Crippen LogP contribution in [0.25, 0.3) is 0 Å². The number of alkyl halides is 3. The average Bonchev–Trinajstić information content (AvgIpc) is 2.73. The Morgan fingerprint density at radius 1 is 1.07 bits per heavy atom. The van der Waals surface area contributed by atoms with Crippen LogP contribution in [0.3, 0.4) is 0 Å². The fourth-order valence-electron chi connectivity index (χ4n) is 3.91. The number of amides is 1. The van der Waals surface area contributed by atoms with Crippen molar-refractivity contribution in [2.75, 3.05) is 44.7 Å². The van der Waals surface area contributed by atoms with Gasteiger partial charge in [-0.05, 0) is 43.4 Å². The third-order valence-corrected chi connectivity index (χ3v) is 5.65. The number of carbonyl (C=O) groups excluding carboxylic acids is 1. The number of anilines is 1. The molecule has 4 rings (SSSR count). The average molecular weight is 419 g/mol. The Morgan fingerprint density at radius 2 is 1.77 bits per heavy atom. The molecule has 1 unspecified atom stereocenters. The first-order valence-corrected chi connectivity index (χ1v) is 9.97. The van der Waals surface area contributed by atoms with Crippen molar-refractivity contribution in [1.29, 1.82) is 0 Å². The van der Waals surface area contributed by atoms with E-state index in [4.69, 9.17) is 4.74 Å². The highest BCUT2D eigenvalue weighted by molar-refractivity contribution is 5.94. The van der Waals surface area contributed by atoms with E-state index in [1.807, 2.05) is 12.1 Å². The largest absolute Gasteiger partial charge is 0.491 e. The Bertz CT molecular complexity index is 907. The number of hydrogen-bond donors (Lipinski definition) is 1. The standard InChI is InChI=1S/C22H24F3N3O2/c1-27-9-11-28(12-10-27)19-3-2-4-20-18(19)13-17(14-30-20)26-21(29)15-5-7-16(8-6-15)22(23,24)25/h2-8,17H,9-14H2,1H3,(H,26,29). The van der Waals surface area contributed by atoms with Crippen molar-refractivity contribution in [1.82, 2.24) is 10.2 Å². The second-order valence-corrected chi connectivity index (χ2v) is 7.80. The van der Waals surface area contributed by atoms with Crippen LogP contribution < -0.4 is 15.0 Å². The number of benzene rings is 2. The van der Waals surface area contributed by atoms with Crippen molar-refractivity contribution < 1.29 is 22.7 Å². The molecule has 0 aromatic heterocycles. The molecule has 2 aromatic rings. The van der Waals surface area contributed by atoms with Gasteiger partial charge in [0.25, 0.3) is 5.91 Å². The molecule has 30 heavy (non-hydrogen) atoms. The highest BCUT2D eigenvalue weighted by Crippen LogP contribution is 2.34. The summed E-state index contributed by atoms with van der Waals surface area (Å²) in [5.74, 6) is 0.421. The maximum atomic E-state index is 12.7. The Labute approximate surface area is 173 Å². The SMILES string of the molecule is CN1CCN(c2cccc3c2CC(NC(=O)c2ccc(C(F)(F)F)cc2)CO3)CC1. The van der Waals surface area contributed by atoms with E-state index < -0.39 is 17.6 Å². The third-order valence-electron chi connectivity index (χ3n) is 5.65. The van der Waals surface area contributed by atoms with Gasteiger partial charge in [0.2, 0.25) is 0 Å². The molecule has 0 spiro atoms. The summed E-state index contributed by atoms with van der Waals surface area (Å²) < 4.78 is 44.1. The van der Waals surface area contributed by atoms with Crippen LogP contribution in [-0.4, -0.2) is 56.7 Å². The maximum absolute atomic E-state index is 12.7.